The van der Waals surface area contributed by atoms with Crippen LogP contribution in [0.5, 0.6) is 0 Å². The van der Waals surface area contributed by atoms with Crippen LogP contribution < -0.4 is 5.32 Å². The van der Waals surface area contributed by atoms with Crippen molar-refractivity contribution in [2.45, 2.75) is 44.3 Å². The van der Waals surface area contributed by atoms with Gasteiger partial charge in [0.25, 0.3) is 0 Å². The molecule has 3 aromatic rings. The van der Waals surface area contributed by atoms with Crippen LogP contribution in [0.4, 0.5) is 10.1 Å². The largest absolute Gasteiger partial charge is 0.325 e. The number of aryl methyl sites for hydroxylation is 1. The smallest absolute Gasteiger partial charge is 0.234 e. The second-order valence-corrected chi connectivity index (χ2v) is 8.88. The third kappa shape index (κ3) is 5.75. The summed E-state index contributed by atoms with van der Waals surface area (Å²) in [5, 5.41) is 12.3. The molecule has 1 aromatic heterocycles. The summed E-state index contributed by atoms with van der Waals surface area (Å²) >= 11 is 1.33. The summed E-state index contributed by atoms with van der Waals surface area (Å²) in [5.74, 6) is 0.614. The SMILES string of the molecule is CCc1ccc(NC(=O)CSc2nnc(CN3CCCCC3)n2-c2ccc(F)cc2)cc1. The van der Waals surface area contributed by atoms with Crippen molar-refractivity contribution >= 4 is 23.4 Å². The van der Waals surface area contributed by atoms with Crippen LogP contribution in [0, 0.1) is 5.82 Å². The number of amides is 1. The van der Waals surface area contributed by atoms with Crippen LogP contribution in [-0.4, -0.2) is 44.4 Å². The first-order chi connectivity index (χ1) is 15.6. The number of nitrogens with zero attached hydrogens (tertiary/aromatic N) is 4. The molecule has 2 aromatic carbocycles. The van der Waals surface area contributed by atoms with E-state index >= 15 is 0 Å². The molecule has 0 saturated carbocycles. The molecule has 0 unspecified atom stereocenters. The molecule has 1 saturated heterocycles. The van der Waals surface area contributed by atoms with Gasteiger partial charge in [-0.3, -0.25) is 14.3 Å². The quantitative estimate of drug-likeness (QED) is 0.502. The van der Waals surface area contributed by atoms with Gasteiger partial charge in [-0.05, 0) is 74.3 Å². The van der Waals surface area contributed by atoms with Gasteiger partial charge in [0.2, 0.25) is 5.91 Å². The van der Waals surface area contributed by atoms with Gasteiger partial charge in [-0.25, -0.2) is 4.39 Å². The lowest BCUT2D eigenvalue weighted by molar-refractivity contribution is -0.113. The van der Waals surface area contributed by atoms with Crippen molar-refractivity contribution in [3.05, 3.63) is 65.7 Å². The van der Waals surface area contributed by atoms with E-state index in [2.05, 4.69) is 27.3 Å². The van der Waals surface area contributed by atoms with Gasteiger partial charge < -0.3 is 5.32 Å². The molecule has 8 heteroatoms. The van der Waals surface area contributed by atoms with Crippen LogP contribution in [0.15, 0.2) is 53.7 Å². The van der Waals surface area contributed by atoms with Crippen molar-refractivity contribution in [3.8, 4) is 5.69 Å². The number of carbonyl (C=O) groups excluding carboxylic acids is 1. The highest BCUT2D eigenvalue weighted by Gasteiger charge is 2.19. The molecule has 32 heavy (non-hydrogen) atoms. The van der Waals surface area contributed by atoms with Crippen LogP contribution >= 0.6 is 11.8 Å². The van der Waals surface area contributed by atoms with Crippen LogP contribution in [0.25, 0.3) is 5.69 Å². The molecule has 1 aliphatic heterocycles. The highest BCUT2D eigenvalue weighted by Crippen LogP contribution is 2.24. The van der Waals surface area contributed by atoms with Crippen LogP contribution in [0.3, 0.4) is 0 Å². The summed E-state index contributed by atoms with van der Waals surface area (Å²) in [4.78, 5) is 14.9. The number of piperidine rings is 1. The number of nitrogens with one attached hydrogen (secondary N) is 1. The minimum absolute atomic E-state index is 0.106. The predicted octanol–water partition coefficient (Wildman–Crippen LogP) is 4.69. The predicted molar refractivity (Wildman–Crippen MR) is 126 cm³/mol. The van der Waals surface area contributed by atoms with Gasteiger partial charge in [0.05, 0.1) is 12.3 Å². The average Bonchev–Trinajstić information content (AvgIpc) is 3.21. The summed E-state index contributed by atoms with van der Waals surface area (Å²) in [6.45, 7) is 4.86. The zero-order chi connectivity index (χ0) is 22.3. The molecule has 1 N–H and O–H groups in total. The molecule has 6 nitrogen and oxygen atoms in total. The molecular weight excluding hydrogens is 425 g/mol. The molecule has 1 fully saturated rings. The molecule has 0 bridgehead atoms. The zero-order valence-corrected chi connectivity index (χ0v) is 19.1. The van der Waals surface area contributed by atoms with Crippen LogP contribution in [0.2, 0.25) is 0 Å². The van der Waals surface area contributed by atoms with Crippen molar-refractivity contribution in [1.82, 2.24) is 19.7 Å². The Bertz CT molecular complexity index is 1030. The lowest BCUT2D eigenvalue weighted by Gasteiger charge is -2.26. The number of anilines is 1. The first-order valence-electron chi connectivity index (χ1n) is 11.1. The van der Waals surface area contributed by atoms with E-state index in [-0.39, 0.29) is 17.5 Å². The molecule has 0 aliphatic carbocycles. The number of aromatic nitrogens is 3. The maximum Gasteiger partial charge on any atom is 0.234 e. The van der Waals surface area contributed by atoms with E-state index < -0.39 is 0 Å². The van der Waals surface area contributed by atoms with E-state index in [4.69, 9.17) is 0 Å². The Morgan fingerprint density at radius 3 is 2.44 bits per heavy atom. The molecule has 168 valence electrons. The number of rotatable bonds is 8. The number of thioether (sulfide) groups is 1. The third-order valence-electron chi connectivity index (χ3n) is 5.58. The summed E-state index contributed by atoms with van der Waals surface area (Å²) in [5.41, 5.74) is 2.80. The Labute approximate surface area is 192 Å². The van der Waals surface area contributed by atoms with Crippen LogP contribution in [-0.2, 0) is 17.8 Å². The van der Waals surface area contributed by atoms with Gasteiger partial charge in [0.15, 0.2) is 11.0 Å². The Hall–Kier alpha value is -2.71. The number of hydrogen-bond donors (Lipinski definition) is 1. The molecule has 1 aliphatic rings. The van der Waals surface area contributed by atoms with Crippen molar-refractivity contribution in [1.29, 1.82) is 0 Å². The summed E-state index contributed by atoms with van der Waals surface area (Å²) in [6.07, 6.45) is 4.60. The standard InChI is InChI=1S/C24H28FN5OS/c1-2-18-6-10-20(11-7-18)26-23(31)17-32-24-28-27-22(16-29-14-4-3-5-15-29)30(24)21-12-8-19(25)9-13-21/h6-13H,2-5,14-17H2,1H3,(H,26,31). The topological polar surface area (TPSA) is 63.1 Å². The number of hydrogen-bond acceptors (Lipinski definition) is 5. The minimum atomic E-state index is -0.290. The Morgan fingerprint density at radius 2 is 1.75 bits per heavy atom. The molecule has 0 atom stereocenters. The maximum atomic E-state index is 13.5. The van der Waals surface area contributed by atoms with Gasteiger partial charge in [0.1, 0.15) is 5.82 Å². The van der Waals surface area contributed by atoms with Gasteiger partial charge >= 0.3 is 0 Å². The first-order valence-corrected chi connectivity index (χ1v) is 12.0. The third-order valence-corrected chi connectivity index (χ3v) is 6.51. The summed E-state index contributed by atoms with van der Waals surface area (Å²) in [7, 11) is 0. The fraction of sp³-hybridized carbons (Fsp3) is 0.375. The summed E-state index contributed by atoms with van der Waals surface area (Å²) in [6, 6.07) is 14.2. The van der Waals surface area contributed by atoms with E-state index in [1.165, 1.54) is 48.7 Å². The fourth-order valence-electron chi connectivity index (χ4n) is 3.81. The van der Waals surface area contributed by atoms with Gasteiger partial charge in [-0.2, -0.15) is 0 Å². The summed E-state index contributed by atoms with van der Waals surface area (Å²) < 4.78 is 15.4. The molecule has 0 spiro atoms. The van der Waals surface area contributed by atoms with E-state index in [0.29, 0.717) is 11.7 Å². The second-order valence-electron chi connectivity index (χ2n) is 7.93. The second kappa shape index (κ2) is 10.7. The van der Waals surface area contributed by atoms with Crippen molar-refractivity contribution in [2.75, 3.05) is 24.2 Å². The number of carbonyl (C=O) groups is 1. The lowest BCUT2D eigenvalue weighted by Crippen LogP contribution is -2.30. The highest BCUT2D eigenvalue weighted by atomic mass is 32.2. The Kier molecular flexibility index (Phi) is 7.55. The van der Waals surface area contributed by atoms with E-state index in [0.717, 1.165) is 36.7 Å². The van der Waals surface area contributed by atoms with E-state index in [9.17, 15) is 9.18 Å². The normalized spacial score (nSPS) is 14.4. The highest BCUT2D eigenvalue weighted by molar-refractivity contribution is 7.99. The van der Waals surface area contributed by atoms with Gasteiger partial charge in [-0.1, -0.05) is 37.2 Å². The van der Waals surface area contributed by atoms with Gasteiger partial charge in [-0.15, -0.1) is 10.2 Å². The molecule has 2 heterocycles. The zero-order valence-electron chi connectivity index (χ0n) is 18.3. The monoisotopic (exact) mass is 453 g/mol. The molecular formula is C24H28FN5OS. The van der Waals surface area contributed by atoms with Crippen molar-refractivity contribution < 1.29 is 9.18 Å². The Morgan fingerprint density at radius 1 is 1.03 bits per heavy atom. The molecule has 4 rings (SSSR count). The van der Waals surface area contributed by atoms with E-state index in [1.807, 2.05) is 28.8 Å². The molecule has 1 amide bonds. The Balaban J connectivity index is 1.48. The number of likely N-dealkylation sites (tertiary alicyclic amines) is 1. The maximum absolute atomic E-state index is 13.5. The lowest BCUT2D eigenvalue weighted by atomic mass is 10.1. The number of halogens is 1. The van der Waals surface area contributed by atoms with Gasteiger partial charge in [0, 0.05) is 11.4 Å². The van der Waals surface area contributed by atoms with Crippen LogP contribution in [0.1, 0.15) is 37.6 Å². The average molecular weight is 454 g/mol. The fourth-order valence-corrected chi connectivity index (χ4v) is 4.58. The number of benzene rings is 2. The molecule has 0 radical (unpaired) electrons. The first kappa shape index (κ1) is 22.5. The van der Waals surface area contributed by atoms with E-state index in [1.54, 1.807) is 12.1 Å². The van der Waals surface area contributed by atoms with Crippen molar-refractivity contribution in [3.63, 3.8) is 0 Å². The van der Waals surface area contributed by atoms with Crippen molar-refractivity contribution in [2.24, 2.45) is 0 Å². The minimum Gasteiger partial charge on any atom is -0.325 e.